The lowest BCUT2D eigenvalue weighted by atomic mass is 9.89. The van der Waals surface area contributed by atoms with Crippen LogP contribution in [0.2, 0.25) is 0 Å². The molecule has 4 rings (SSSR count). The van der Waals surface area contributed by atoms with Gasteiger partial charge in [-0.2, -0.15) is 13.2 Å². The Labute approximate surface area is 170 Å². The Morgan fingerprint density at radius 3 is 2.47 bits per heavy atom. The molecule has 2 aromatic rings. The van der Waals surface area contributed by atoms with Gasteiger partial charge in [0, 0.05) is 44.0 Å². The summed E-state index contributed by atoms with van der Waals surface area (Å²) in [7, 11) is 0. The van der Waals surface area contributed by atoms with Crippen LogP contribution in [0.4, 0.5) is 28.9 Å². The molecule has 2 heterocycles. The summed E-state index contributed by atoms with van der Waals surface area (Å²) in [4.78, 5) is 28.5. The maximum Gasteiger partial charge on any atom is 0.416 e. The fourth-order valence-corrected chi connectivity index (χ4v) is 3.94. The number of halogens is 4. The van der Waals surface area contributed by atoms with Crippen molar-refractivity contribution in [3.05, 3.63) is 59.4 Å². The molecule has 0 aromatic heterocycles. The fourth-order valence-electron chi connectivity index (χ4n) is 3.94. The molecule has 30 heavy (non-hydrogen) atoms. The topological polar surface area (TPSA) is 52.7 Å². The van der Waals surface area contributed by atoms with Crippen molar-refractivity contribution < 1.29 is 27.2 Å². The molecule has 0 saturated carbocycles. The molecule has 1 N–H and O–H groups in total. The molecule has 5 nitrogen and oxygen atoms in total. The van der Waals surface area contributed by atoms with Gasteiger partial charge in [0.25, 0.3) is 0 Å². The third kappa shape index (κ3) is 3.96. The van der Waals surface area contributed by atoms with E-state index in [1.807, 2.05) is 0 Å². The first kappa shape index (κ1) is 20.2. The molecule has 0 spiro atoms. The highest BCUT2D eigenvalue weighted by Gasteiger charge is 2.35. The summed E-state index contributed by atoms with van der Waals surface area (Å²) in [5.74, 6) is -1.79. The van der Waals surface area contributed by atoms with E-state index < -0.39 is 23.5 Å². The van der Waals surface area contributed by atoms with E-state index in [4.69, 9.17) is 0 Å². The number of alkyl halides is 3. The molecule has 1 fully saturated rings. The van der Waals surface area contributed by atoms with Crippen LogP contribution in [0.1, 0.15) is 23.5 Å². The van der Waals surface area contributed by atoms with Gasteiger partial charge in [0.15, 0.2) is 0 Å². The van der Waals surface area contributed by atoms with E-state index in [0.717, 1.165) is 12.1 Å². The van der Waals surface area contributed by atoms with Gasteiger partial charge >= 0.3 is 6.18 Å². The quantitative estimate of drug-likeness (QED) is 0.754. The first-order chi connectivity index (χ1) is 14.2. The van der Waals surface area contributed by atoms with E-state index in [1.54, 1.807) is 15.9 Å². The van der Waals surface area contributed by atoms with Crippen LogP contribution in [-0.4, -0.2) is 42.9 Å². The molecule has 2 aromatic carbocycles. The van der Waals surface area contributed by atoms with Gasteiger partial charge < -0.3 is 15.1 Å². The number of nitrogens with one attached hydrogen (secondary N) is 1. The molecule has 1 saturated heterocycles. The summed E-state index contributed by atoms with van der Waals surface area (Å²) in [6.45, 7) is 1.40. The molecule has 0 aliphatic carbocycles. The van der Waals surface area contributed by atoms with Crippen LogP contribution in [0.5, 0.6) is 0 Å². The zero-order chi connectivity index (χ0) is 21.5. The number of rotatable bonds is 2. The molecular formula is C21H19F4N3O2. The van der Waals surface area contributed by atoms with Crippen molar-refractivity contribution in [2.24, 2.45) is 0 Å². The number of amides is 2. The van der Waals surface area contributed by atoms with Crippen LogP contribution >= 0.6 is 0 Å². The van der Waals surface area contributed by atoms with E-state index in [0.29, 0.717) is 43.1 Å². The van der Waals surface area contributed by atoms with Crippen molar-refractivity contribution in [3.63, 3.8) is 0 Å². The van der Waals surface area contributed by atoms with Crippen LogP contribution in [0.3, 0.4) is 0 Å². The Morgan fingerprint density at radius 1 is 1.03 bits per heavy atom. The number of hydrogen-bond acceptors (Lipinski definition) is 3. The van der Waals surface area contributed by atoms with Crippen molar-refractivity contribution in [3.8, 4) is 0 Å². The average molecular weight is 421 g/mol. The maximum atomic E-state index is 13.5. The predicted molar refractivity (Wildman–Crippen MR) is 103 cm³/mol. The largest absolute Gasteiger partial charge is 0.416 e. The van der Waals surface area contributed by atoms with E-state index in [-0.39, 0.29) is 18.2 Å². The van der Waals surface area contributed by atoms with Crippen molar-refractivity contribution >= 4 is 23.2 Å². The van der Waals surface area contributed by atoms with Crippen molar-refractivity contribution in [2.75, 3.05) is 36.4 Å². The molecular weight excluding hydrogens is 402 g/mol. The Hall–Kier alpha value is -3.10. The third-order valence-corrected chi connectivity index (χ3v) is 5.48. The Balaban J connectivity index is 1.46. The molecule has 0 unspecified atom stereocenters. The van der Waals surface area contributed by atoms with Crippen LogP contribution in [0.25, 0.3) is 0 Å². The minimum absolute atomic E-state index is 0.0225. The van der Waals surface area contributed by atoms with Gasteiger partial charge in [-0.15, -0.1) is 0 Å². The summed E-state index contributed by atoms with van der Waals surface area (Å²) >= 11 is 0. The molecule has 1 atom stereocenters. The van der Waals surface area contributed by atoms with E-state index >= 15 is 0 Å². The SMILES string of the molecule is O=C1C[C@H](C(=O)N2CCN(c3cccc(C(F)(F)F)c3)CC2)c2ccc(F)cc2N1. The molecule has 2 amide bonds. The molecule has 2 aliphatic heterocycles. The number of carbonyl (C=O) groups is 2. The van der Waals surface area contributed by atoms with Crippen molar-refractivity contribution in [1.82, 2.24) is 4.90 Å². The lowest BCUT2D eigenvalue weighted by Gasteiger charge is -2.38. The minimum Gasteiger partial charge on any atom is -0.368 e. The molecule has 2 aliphatic rings. The van der Waals surface area contributed by atoms with E-state index in [2.05, 4.69) is 5.32 Å². The monoisotopic (exact) mass is 421 g/mol. The maximum absolute atomic E-state index is 13.5. The Kier molecular flexibility index (Phi) is 5.13. The van der Waals surface area contributed by atoms with E-state index in [1.165, 1.54) is 24.3 Å². The van der Waals surface area contributed by atoms with Crippen molar-refractivity contribution in [2.45, 2.75) is 18.5 Å². The van der Waals surface area contributed by atoms with Gasteiger partial charge in [0.05, 0.1) is 11.5 Å². The number of hydrogen-bond donors (Lipinski definition) is 1. The fraction of sp³-hybridized carbons (Fsp3) is 0.333. The second-order valence-electron chi connectivity index (χ2n) is 7.40. The first-order valence-electron chi connectivity index (χ1n) is 9.52. The standard InChI is InChI=1S/C21H19F4N3O2/c22-14-4-5-16-17(12-19(29)26-18(16)11-14)20(30)28-8-6-27(7-9-28)15-3-1-2-13(10-15)21(23,24)25/h1-5,10-11,17H,6-9,12H2,(H,26,29)/t17-/m0/s1. The average Bonchev–Trinajstić information content (AvgIpc) is 2.72. The van der Waals surface area contributed by atoms with Gasteiger partial charge in [-0.3, -0.25) is 9.59 Å². The molecule has 0 radical (unpaired) electrons. The summed E-state index contributed by atoms with van der Waals surface area (Å²) in [6.07, 6.45) is -4.44. The van der Waals surface area contributed by atoms with Gasteiger partial charge in [0.1, 0.15) is 5.82 Å². The highest BCUT2D eigenvalue weighted by atomic mass is 19.4. The van der Waals surface area contributed by atoms with Gasteiger partial charge in [-0.05, 0) is 35.9 Å². The Morgan fingerprint density at radius 2 is 1.77 bits per heavy atom. The smallest absolute Gasteiger partial charge is 0.368 e. The third-order valence-electron chi connectivity index (χ3n) is 5.48. The number of carbonyl (C=O) groups excluding carboxylic acids is 2. The first-order valence-corrected chi connectivity index (χ1v) is 9.52. The number of benzene rings is 2. The minimum atomic E-state index is -4.41. The molecule has 158 valence electrons. The Bertz CT molecular complexity index is 984. The van der Waals surface area contributed by atoms with Gasteiger partial charge in [-0.1, -0.05) is 12.1 Å². The second-order valence-corrected chi connectivity index (χ2v) is 7.40. The number of fused-ring (bicyclic) bond motifs is 1. The number of nitrogens with zero attached hydrogens (tertiary/aromatic N) is 2. The molecule has 0 bridgehead atoms. The van der Waals surface area contributed by atoms with Crippen molar-refractivity contribution in [1.29, 1.82) is 0 Å². The summed E-state index contributed by atoms with van der Waals surface area (Å²) in [5, 5.41) is 2.58. The highest BCUT2D eigenvalue weighted by Crippen LogP contribution is 2.35. The zero-order valence-electron chi connectivity index (χ0n) is 15.9. The van der Waals surface area contributed by atoms with Crippen LogP contribution in [0, 0.1) is 5.82 Å². The zero-order valence-corrected chi connectivity index (χ0v) is 15.9. The van der Waals surface area contributed by atoms with Crippen LogP contribution < -0.4 is 10.2 Å². The number of piperazine rings is 1. The van der Waals surface area contributed by atoms with E-state index in [9.17, 15) is 27.2 Å². The molecule has 9 heteroatoms. The lowest BCUT2D eigenvalue weighted by molar-refractivity contribution is -0.137. The van der Waals surface area contributed by atoms with Crippen LogP contribution in [0.15, 0.2) is 42.5 Å². The van der Waals surface area contributed by atoms with Gasteiger partial charge in [-0.25, -0.2) is 4.39 Å². The summed E-state index contributed by atoms with van der Waals surface area (Å²) < 4.78 is 52.4. The van der Waals surface area contributed by atoms with Gasteiger partial charge in [0.2, 0.25) is 11.8 Å². The summed E-state index contributed by atoms with van der Waals surface area (Å²) in [6, 6.07) is 9.06. The number of anilines is 2. The predicted octanol–water partition coefficient (Wildman–Crippen LogP) is 3.62. The van der Waals surface area contributed by atoms with Crippen LogP contribution in [-0.2, 0) is 15.8 Å². The highest BCUT2D eigenvalue weighted by molar-refractivity contribution is 6.01. The second kappa shape index (κ2) is 7.62. The summed E-state index contributed by atoms with van der Waals surface area (Å²) in [5.41, 5.74) is 0.610. The normalized spacial score (nSPS) is 19.3. The lowest BCUT2D eigenvalue weighted by Crippen LogP contribution is -2.50.